The van der Waals surface area contributed by atoms with Crippen LogP contribution in [-0.2, 0) is 0 Å². The molecule has 1 saturated carbocycles. The summed E-state index contributed by atoms with van der Waals surface area (Å²) in [5, 5.41) is 4.21. The summed E-state index contributed by atoms with van der Waals surface area (Å²) in [5.74, 6) is 0.968. The largest absolute Gasteiger partial charge is 0.363 e. The third kappa shape index (κ3) is 1.42. The van der Waals surface area contributed by atoms with Gasteiger partial charge in [0.15, 0.2) is 5.11 Å². The fraction of sp³-hybridized carbons (Fsp3) is 0.889. The van der Waals surface area contributed by atoms with Crippen LogP contribution in [0.4, 0.5) is 0 Å². The van der Waals surface area contributed by atoms with Gasteiger partial charge in [0.2, 0.25) is 0 Å². The van der Waals surface area contributed by atoms with Crippen LogP contribution >= 0.6 is 12.2 Å². The fourth-order valence-electron chi connectivity index (χ4n) is 2.12. The van der Waals surface area contributed by atoms with Crippen molar-refractivity contribution in [3.8, 4) is 0 Å². The molecule has 1 N–H and O–H groups in total. The van der Waals surface area contributed by atoms with Crippen molar-refractivity contribution < 1.29 is 0 Å². The predicted octanol–water partition coefficient (Wildman–Crippen LogP) is 1.37. The molecule has 0 amide bonds. The highest BCUT2D eigenvalue weighted by atomic mass is 32.1. The van der Waals surface area contributed by atoms with Crippen LogP contribution in [0.25, 0.3) is 0 Å². The lowest BCUT2D eigenvalue weighted by atomic mass is 10.1. The molecule has 0 bridgehead atoms. The van der Waals surface area contributed by atoms with Crippen molar-refractivity contribution in [1.29, 1.82) is 0 Å². The lowest BCUT2D eigenvalue weighted by Crippen LogP contribution is -2.43. The monoisotopic (exact) mass is 184 g/mol. The second-order valence-electron chi connectivity index (χ2n) is 3.73. The molecule has 2 nitrogen and oxygen atoms in total. The van der Waals surface area contributed by atoms with E-state index < -0.39 is 0 Å². The first kappa shape index (κ1) is 8.30. The van der Waals surface area contributed by atoms with Crippen LogP contribution in [0.2, 0.25) is 0 Å². The van der Waals surface area contributed by atoms with E-state index in [0.29, 0.717) is 0 Å². The van der Waals surface area contributed by atoms with Gasteiger partial charge in [-0.3, -0.25) is 0 Å². The lowest BCUT2D eigenvalue weighted by molar-refractivity contribution is 0.325. The average Bonchev–Trinajstić information content (AvgIpc) is 2.81. The molecular weight excluding hydrogens is 168 g/mol. The maximum Gasteiger partial charge on any atom is 0.169 e. The van der Waals surface area contributed by atoms with E-state index in [9.17, 15) is 0 Å². The van der Waals surface area contributed by atoms with Crippen molar-refractivity contribution in [2.45, 2.75) is 32.2 Å². The van der Waals surface area contributed by atoms with Crippen LogP contribution in [0.1, 0.15) is 26.2 Å². The Morgan fingerprint density at radius 1 is 1.67 bits per heavy atom. The molecule has 0 aromatic heterocycles. The van der Waals surface area contributed by atoms with Gasteiger partial charge in [-0.05, 0) is 44.3 Å². The SMILES string of the molecule is CCNC(=S)N1CCC[C@@H]2C[C@@H]21. The average molecular weight is 184 g/mol. The van der Waals surface area contributed by atoms with E-state index in [1.807, 2.05) is 0 Å². The summed E-state index contributed by atoms with van der Waals surface area (Å²) < 4.78 is 0. The predicted molar refractivity (Wildman–Crippen MR) is 54.1 cm³/mol. The summed E-state index contributed by atoms with van der Waals surface area (Å²) in [6, 6.07) is 0.797. The summed E-state index contributed by atoms with van der Waals surface area (Å²) in [5.41, 5.74) is 0. The second kappa shape index (κ2) is 3.21. The van der Waals surface area contributed by atoms with Crippen LogP contribution < -0.4 is 5.32 Å². The van der Waals surface area contributed by atoms with Gasteiger partial charge >= 0.3 is 0 Å². The van der Waals surface area contributed by atoms with Crippen molar-refractivity contribution in [2.24, 2.45) is 5.92 Å². The molecule has 68 valence electrons. The van der Waals surface area contributed by atoms with E-state index in [-0.39, 0.29) is 0 Å². The van der Waals surface area contributed by atoms with Gasteiger partial charge in [-0.15, -0.1) is 0 Å². The van der Waals surface area contributed by atoms with Gasteiger partial charge in [0.1, 0.15) is 0 Å². The second-order valence-corrected chi connectivity index (χ2v) is 4.12. The topological polar surface area (TPSA) is 15.3 Å². The van der Waals surface area contributed by atoms with Crippen LogP contribution in [0, 0.1) is 5.92 Å². The minimum atomic E-state index is 0.797. The number of likely N-dealkylation sites (tertiary alicyclic amines) is 1. The first-order chi connectivity index (χ1) is 5.83. The van der Waals surface area contributed by atoms with E-state index in [1.54, 1.807) is 0 Å². The highest BCUT2D eigenvalue weighted by molar-refractivity contribution is 7.80. The Morgan fingerprint density at radius 2 is 2.50 bits per heavy atom. The minimum Gasteiger partial charge on any atom is -0.363 e. The number of hydrogen-bond acceptors (Lipinski definition) is 1. The van der Waals surface area contributed by atoms with Gasteiger partial charge in [-0.2, -0.15) is 0 Å². The molecule has 0 aromatic carbocycles. The molecule has 0 unspecified atom stereocenters. The number of thiocarbonyl (C=S) groups is 1. The first-order valence-electron chi connectivity index (χ1n) is 4.87. The van der Waals surface area contributed by atoms with E-state index in [4.69, 9.17) is 12.2 Å². The minimum absolute atomic E-state index is 0.797. The zero-order valence-corrected chi connectivity index (χ0v) is 8.36. The number of fused-ring (bicyclic) bond motifs is 1. The molecule has 2 atom stereocenters. The molecule has 0 aromatic rings. The third-order valence-corrected chi connectivity index (χ3v) is 3.23. The molecule has 1 saturated heterocycles. The van der Waals surface area contributed by atoms with E-state index in [0.717, 1.165) is 23.6 Å². The summed E-state index contributed by atoms with van der Waals surface area (Å²) >= 11 is 5.29. The Kier molecular flexibility index (Phi) is 2.22. The molecule has 2 rings (SSSR count). The normalized spacial score (nSPS) is 32.6. The van der Waals surface area contributed by atoms with Crippen molar-refractivity contribution in [1.82, 2.24) is 10.2 Å². The maximum absolute atomic E-state index is 5.29. The molecule has 2 fully saturated rings. The molecule has 3 heteroatoms. The molecule has 1 aliphatic carbocycles. The maximum atomic E-state index is 5.29. The number of hydrogen-bond donors (Lipinski definition) is 1. The van der Waals surface area contributed by atoms with E-state index in [2.05, 4.69) is 17.1 Å². The standard InChI is InChI=1S/C9H16N2S/c1-2-10-9(12)11-5-3-4-7-6-8(7)11/h7-8H,2-6H2,1H3,(H,10,12)/t7-,8+/m1/s1. The van der Waals surface area contributed by atoms with E-state index in [1.165, 1.54) is 25.8 Å². The van der Waals surface area contributed by atoms with Gasteiger partial charge in [-0.25, -0.2) is 0 Å². The number of nitrogens with zero attached hydrogens (tertiary/aromatic N) is 1. The fourth-order valence-corrected chi connectivity index (χ4v) is 2.49. The zero-order chi connectivity index (χ0) is 8.55. The van der Waals surface area contributed by atoms with Crippen LogP contribution in [0.15, 0.2) is 0 Å². The van der Waals surface area contributed by atoms with Crippen molar-refractivity contribution >= 4 is 17.3 Å². The lowest BCUT2D eigenvalue weighted by Gasteiger charge is -2.29. The van der Waals surface area contributed by atoms with Gasteiger partial charge in [0, 0.05) is 19.1 Å². The van der Waals surface area contributed by atoms with Gasteiger partial charge < -0.3 is 10.2 Å². The summed E-state index contributed by atoms with van der Waals surface area (Å²) in [4.78, 5) is 2.38. The third-order valence-electron chi connectivity index (χ3n) is 2.85. The molecule has 0 radical (unpaired) electrons. The molecular formula is C9H16N2S. The smallest absolute Gasteiger partial charge is 0.169 e. The Hall–Kier alpha value is -0.310. The van der Waals surface area contributed by atoms with Crippen LogP contribution in [0.3, 0.4) is 0 Å². The Labute approximate surface area is 79.3 Å². The Morgan fingerprint density at radius 3 is 3.25 bits per heavy atom. The zero-order valence-electron chi connectivity index (χ0n) is 7.55. The highest BCUT2D eigenvalue weighted by Gasteiger charge is 2.44. The van der Waals surface area contributed by atoms with Gasteiger partial charge in [0.25, 0.3) is 0 Å². The number of rotatable bonds is 1. The van der Waals surface area contributed by atoms with Crippen molar-refractivity contribution in [3.05, 3.63) is 0 Å². The molecule has 12 heavy (non-hydrogen) atoms. The quantitative estimate of drug-likeness (QED) is 0.620. The van der Waals surface area contributed by atoms with Crippen molar-refractivity contribution in [3.63, 3.8) is 0 Å². The number of nitrogens with one attached hydrogen (secondary N) is 1. The molecule has 2 aliphatic rings. The Balaban J connectivity index is 1.90. The van der Waals surface area contributed by atoms with Crippen LogP contribution in [-0.4, -0.2) is 29.1 Å². The van der Waals surface area contributed by atoms with Crippen molar-refractivity contribution in [2.75, 3.05) is 13.1 Å². The molecule has 0 spiro atoms. The molecule has 1 heterocycles. The first-order valence-corrected chi connectivity index (χ1v) is 5.28. The van der Waals surface area contributed by atoms with Crippen LogP contribution in [0.5, 0.6) is 0 Å². The Bertz CT molecular complexity index is 193. The highest BCUT2D eigenvalue weighted by Crippen LogP contribution is 2.42. The summed E-state index contributed by atoms with van der Waals surface area (Å²) in [7, 11) is 0. The van der Waals surface area contributed by atoms with Gasteiger partial charge in [0.05, 0.1) is 0 Å². The summed E-state index contributed by atoms with van der Waals surface area (Å²) in [6.07, 6.45) is 4.13. The van der Waals surface area contributed by atoms with E-state index >= 15 is 0 Å². The molecule has 1 aliphatic heterocycles. The summed E-state index contributed by atoms with van der Waals surface area (Å²) in [6.45, 7) is 4.22. The van der Waals surface area contributed by atoms with Gasteiger partial charge in [-0.1, -0.05) is 0 Å². The number of piperidine rings is 1.